The molecule has 1 unspecified atom stereocenters. The monoisotopic (exact) mass is 200 g/mol. The molecule has 0 N–H and O–H groups in total. The Bertz CT molecular complexity index is 206. The van der Waals surface area contributed by atoms with E-state index in [1.165, 1.54) is 7.11 Å². The van der Waals surface area contributed by atoms with E-state index in [1.54, 1.807) is 0 Å². The minimum Gasteiger partial charge on any atom is -0.469 e. The van der Waals surface area contributed by atoms with Crippen molar-refractivity contribution in [3.63, 3.8) is 0 Å². The molecule has 1 fully saturated rings. The summed E-state index contributed by atoms with van der Waals surface area (Å²) in [5.74, 6) is 0.173. The van der Waals surface area contributed by atoms with Crippen LogP contribution in [0.15, 0.2) is 0 Å². The summed E-state index contributed by atoms with van der Waals surface area (Å²) in [6.45, 7) is 1.44. The van der Waals surface area contributed by atoms with Gasteiger partial charge in [0.05, 0.1) is 13.5 Å². The predicted molar refractivity (Wildman–Crippen MR) is 49.8 cm³/mol. The molecule has 1 aliphatic heterocycles. The summed E-state index contributed by atoms with van der Waals surface area (Å²) in [4.78, 5) is 22.1. The zero-order chi connectivity index (χ0) is 10.4. The van der Waals surface area contributed by atoms with Crippen LogP contribution < -0.4 is 0 Å². The van der Waals surface area contributed by atoms with Crippen LogP contribution in [0.5, 0.6) is 0 Å². The average molecular weight is 200 g/mol. The van der Waals surface area contributed by atoms with Gasteiger partial charge in [-0.3, -0.25) is 9.59 Å². The van der Waals surface area contributed by atoms with Crippen molar-refractivity contribution in [2.45, 2.75) is 25.7 Å². The summed E-state index contributed by atoms with van der Waals surface area (Å²) in [6.07, 6.45) is 1.99. The average Bonchev–Trinajstić information content (AvgIpc) is 2.66. The number of esters is 1. The van der Waals surface area contributed by atoms with Gasteiger partial charge < -0.3 is 9.47 Å². The number of methoxy groups -OCH3 is 1. The second-order valence-electron chi connectivity index (χ2n) is 3.55. The van der Waals surface area contributed by atoms with E-state index in [2.05, 4.69) is 4.74 Å². The fourth-order valence-corrected chi connectivity index (χ4v) is 1.51. The summed E-state index contributed by atoms with van der Waals surface area (Å²) >= 11 is 0. The number of rotatable bonds is 5. The van der Waals surface area contributed by atoms with Crippen LogP contribution in [0.2, 0.25) is 0 Å². The molecular formula is C10H16O4. The van der Waals surface area contributed by atoms with Crippen LogP contribution in [0, 0.1) is 5.92 Å². The largest absolute Gasteiger partial charge is 0.469 e. The molecule has 4 nitrogen and oxygen atoms in total. The molecule has 0 aromatic carbocycles. The molecule has 1 saturated heterocycles. The molecule has 0 aliphatic carbocycles. The van der Waals surface area contributed by atoms with Crippen LogP contribution in [-0.2, 0) is 19.1 Å². The van der Waals surface area contributed by atoms with E-state index in [4.69, 9.17) is 4.74 Å². The van der Waals surface area contributed by atoms with Gasteiger partial charge in [-0.2, -0.15) is 0 Å². The Morgan fingerprint density at radius 2 is 2.21 bits per heavy atom. The molecule has 0 aromatic rings. The lowest BCUT2D eigenvalue weighted by molar-refractivity contribution is -0.142. The maximum atomic E-state index is 11.4. The van der Waals surface area contributed by atoms with Crippen LogP contribution in [0.4, 0.5) is 0 Å². The number of Topliss-reactive ketones (excluding diaryl/α,β-unsaturated/α-hetero) is 1. The number of hydrogen-bond donors (Lipinski definition) is 0. The lowest BCUT2D eigenvalue weighted by atomic mass is 10.00. The predicted octanol–water partition coefficient (Wildman–Crippen LogP) is 0.935. The Morgan fingerprint density at radius 1 is 1.43 bits per heavy atom. The highest BCUT2D eigenvalue weighted by molar-refractivity contribution is 5.83. The van der Waals surface area contributed by atoms with E-state index in [1.807, 2.05) is 0 Å². The van der Waals surface area contributed by atoms with Gasteiger partial charge in [0.1, 0.15) is 5.78 Å². The molecule has 1 rings (SSSR count). The van der Waals surface area contributed by atoms with Crippen molar-refractivity contribution in [1.82, 2.24) is 0 Å². The van der Waals surface area contributed by atoms with Gasteiger partial charge in [-0.25, -0.2) is 0 Å². The highest BCUT2D eigenvalue weighted by Gasteiger charge is 2.19. The third-order valence-electron chi connectivity index (χ3n) is 2.38. The van der Waals surface area contributed by atoms with E-state index >= 15 is 0 Å². The maximum Gasteiger partial charge on any atom is 0.305 e. The first-order valence-corrected chi connectivity index (χ1v) is 4.88. The molecule has 0 bridgehead atoms. The Kier molecular flexibility index (Phi) is 4.59. The van der Waals surface area contributed by atoms with Gasteiger partial charge >= 0.3 is 5.97 Å². The topological polar surface area (TPSA) is 52.6 Å². The normalized spacial score (nSPS) is 20.8. The van der Waals surface area contributed by atoms with Gasteiger partial charge in [0.2, 0.25) is 0 Å². The maximum absolute atomic E-state index is 11.4. The van der Waals surface area contributed by atoms with E-state index in [-0.39, 0.29) is 18.2 Å². The first-order valence-electron chi connectivity index (χ1n) is 4.88. The minimum atomic E-state index is -0.318. The highest BCUT2D eigenvalue weighted by atomic mass is 16.5. The first kappa shape index (κ1) is 11.2. The molecular weight excluding hydrogens is 184 g/mol. The SMILES string of the molecule is COC(=O)CCC(=O)CC1CCOC1. The van der Waals surface area contributed by atoms with Crippen LogP contribution >= 0.6 is 0 Å². The molecule has 14 heavy (non-hydrogen) atoms. The van der Waals surface area contributed by atoms with Crippen molar-refractivity contribution >= 4 is 11.8 Å². The summed E-state index contributed by atoms with van der Waals surface area (Å²) in [6, 6.07) is 0. The molecule has 4 heteroatoms. The molecule has 0 radical (unpaired) electrons. The molecule has 1 heterocycles. The van der Waals surface area contributed by atoms with Gasteiger partial charge in [-0.1, -0.05) is 0 Å². The Morgan fingerprint density at radius 3 is 2.79 bits per heavy atom. The second kappa shape index (κ2) is 5.75. The van der Waals surface area contributed by atoms with Crippen LogP contribution in [0.1, 0.15) is 25.7 Å². The van der Waals surface area contributed by atoms with E-state index in [0.717, 1.165) is 13.0 Å². The van der Waals surface area contributed by atoms with Gasteiger partial charge in [0.15, 0.2) is 0 Å². The van der Waals surface area contributed by atoms with Gasteiger partial charge in [-0.05, 0) is 12.3 Å². The lowest BCUT2D eigenvalue weighted by Gasteiger charge is -2.05. The summed E-state index contributed by atoms with van der Waals surface area (Å²) < 4.78 is 9.62. The minimum absolute atomic E-state index is 0.130. The molecule has 1 aliphatic rings. The van der Waals surface area contributed by atoms with Crippen molar-refractivity contribution in [2.24, 2.45) is 5.92 Å². The smallest absolute Gasteiger partial charge is 0.305 e. The van der Waals surface area contributed by atoms with Gasteiger partial charge in [-0.15, -0.1) is 0 Å². The first-order chi connectivity index (χ1) is 6.72. The number of carbonyl (C=O) groups is 2. The molecule has 0 saturated carbocycles. The molecule has 0 spiro atoms. The fourth-order valence-electron chi connectivity index (χ4n) is 1.51. The molecule has 80 valence electrons. The quantitative estimate of drug-likeness (QED) is 0.620. The van der Waals surface area contributed by atoms with Crippen molar-refractivity contribution in [3.05, 3.63) is 0 Å². The number of carbonyl (C=O) groups excluding carboxylic acids is 2. The third-order valence-corrected chi connectivity index (χ3v) is 2.38. The zero-order valence-corrected chi connectivity index (χ0v) is 8.45. The fraction of sp³-hybridized carbons (Fsp3) is 0.800. The van der Waals surface area contributed by atoms with Gasteiger partial charge in [0.25, 0.3) is 0 Å². The standard InChI is InChI=1S/C10H16O4/c1-13-10(12)3-2-9(11)6-8-4-5-14-7-8/h8H,2-7H2,1H3. The Balaban J connectivity index is 2.12. The number of ether oxygens (including phenoxy) is 2. The van der Waals surface area contributed by atoms with Gasteiger partial charge in [0, 0.05) is 26.1 Å². The van der Waals surface area contributed by atoms with E-state index < -0.39 is 0 Å². The third kappa shape index (κ3) is 3.87. The molecule has 0 amide bonds. The number of ketones is 1. The van der Waals surface area contributed by atoms with Crippen molar-refractivity contribution in [1.29, 1.82) is 0 Å². The Hall–Kier alpha value is -0.900. The van der Waals surface area contributed by atoms with Crippen molar-refractivity contribution < 1.29 is 19.1 Å². The zero-order valence-electron chi connectivity index (χ0n) is 8.45. The Labute approximate surface area is 83.6 Å². The van der Waals surface area contributed by atoms with Crippen molar-refractivity contribution in [3.8, 4) is 0 Å². The molecule has 0 aromatic heterocycles. The summed E-state index contributed by atoms with van der Waals surface area (Å²) in [7, 11) is 1.33. The number of hydrogen-bond acceptors (Lipinski definition) is 4. The highest BCUT2D eigenvalue weighted by Crippen LogP contribution is 2.17. The van der Waals surface area contributed by atoms with E-state index in [9.17, 15) is 9.59 Å². The van der Waals surface area contributed by atoms with Crippen molar-refractivity contribution in [2.75, 3.05) is 20.3 Å². The van der Waals surface area contributed by atoms with Crippen LogP contribution in [-0.4, -0.2) is 32.1 Å². The molecule has 1 atom stereocenters. The van der Waals surface area contributed by atoms with E-state index in [0.29, 0.717) is 25.4 Å². The second-order valence-corrected chi connectivity index (χ2v) is 3.55. The summed E-state index contributed by atoms with van der Waals surface area (Å²) in [5.41, 5.74) is 0. The van der Waals surface area contributed by atoms with Crippen LogP contribution in [0.25, 0.3) is 0 Å². The summed E-state index contributed by atoms with van der Waals surface area (Å²) in [5, 5.41) is 0. The van der Waals surface area contributed by atoms with Crippen LogP contribution in [0.3, 0.4) is 0 Å². The lowest BCUT2D eigenvalue weighted by Crippen LogP contribution is -2.10.